The summed E-state index contributed by atoms with van der Waals surface area (Å²) >= 11 is 0. The summed E-state index contributed by atoms with van der Waals surface area (Å²) in [6, 6.07) is 20.2. The fourth-order valence-corrected chi connectivity index (χ4v) is 3.40. The van der Waals surface area contributed by atoms with E-state index in [2.05, 4.69) is 61.0 Å². The molecule has 142 valence electrons. The first-order valence-electron chi connectivity index (χ1n) is 9.11. The van der Waals surface area contributed by atoms with Crippen molar-refractivity contribution < 1.29 is 4.74 Å². The monoisotopic (exact) mass is 383 g/mol. The summed E-state index contributed by atoms with van der Waals surface area (Å²) in [5.74, 6) is 1.16. The van der Waals surface area contributed by atoms with Gasteiger partial charge in [0, 0.05) is 24.1 Å². The molecule has 3 heterocycles. The lowest BCUT2D eigenvalue weighted by molar-refractivity contribution is 0.397. The van der Waals surface area contributed by atoms with Crippen LogP contribution in [0.4, 0.5) is 0 Å². The molecule has 0 aliphatic carbocycles. The Kier molecular flexibility index (Phi) is 4.21. The van der Waals surface area contributed by atoms with Crippen LogP contribution in [-0.2, 0) is 6.42 Å². The molecule has 3 aromatic heterocycles. The first kappa shape index (κ1) is 17.1. The maximum absolute atomic E-state index is 5.32. The van der Waals surface area contributed by atoms with E-state index in [1.165, 1.54) is 0 Å². The van der Waals surface area contributed by atoms with Crippen molar-refractivity contribution in [3.8, 4) is 28.4 Å². The lowest BCUT2D eigenvalue weighted by Gasteiger charge is -2.10. The molecule has 0 spiro atoms. The van der Waals surface area contributed by atoms with Crippen molar-refractivity contribution >= 4 is 5.65 Å². The SMILES string of the molecule is COc1cc(Cc2ccc(-c3ccccc3-c3nn[nH]n3)cc2)n2nccc2n1. The molecule has 0 amide bonds. The Morgan fingerprint density at radius 1 is 1.00 bits per heavy atom. The van der Waals surface area contributed by atoms with Gasteiger partial charge in [-0.25, -0.2) is 4.52 Å². The minimum Gasteiger partial charge on any atom is -0.481 e. The minimum atomic E-state index is 0.578. The summed E-state index contributed by atoms with van der Waals surface area (Å²) in [5, 5.41) is 18.8. The summed E-state index contributed by atoms with van der Waals surface area (Å²) in [4.78, 5) is 4.40. The number of ether oxygens (including phenoxy) is 1. The van der Waals surface area contributed by atoms with Crippen LogP contribution in [0.25, 0.3) is 28.2 Å². The second kappa shape index (κ2) is 7.16. The number of rotatable bonds is 5. The van der Waals surface area contributed by atoms with E-state index < -0.39 is 0 Å². The Balaban J connectivity index is 1.48. The van der Waals surface area contributed by atoms with E-state index in [1.54, 1.807) is 13.3 Å². The maximum atomic E-state index is 5.32. The molecule has 0 atom stereocenters. The van der Waals surface area contributed by atoms with Crippen molar-refractivity contribution in [2.75, 3.05) is 7.11 Å². The summed E-state index contributed by atoms with van der Waals surface area (Å²) in [7, 11) is 1.62. The normalized spacial score (nSPS) is 11.1. The van der Waals surface area contributed by atoms with Crippen molar-refractivity contribution in [3.05, 3.63) is 78.1 Å². The van der Waals surface area contributed by atoms with Crippen molar-refractivity contribution in [3.63, 3.8) is 0 Å². The molecule has 2 aromatic carbocycles. The van der Waals surface area contributed by atoms with Crippen LogP contribution in [0, 0.1) is 0 Å². The highest BCUT2D eigenvalue weighted by atomic mass is 16.5. The summed E-state index contributed by atoms with van der Waals surface area (Å²) < 4.78 is 7.16. The van der Waals surface area contributed by atoms with Crippen LogP contribution in [0.5, 0.6) is 5.88 Å². The van der Waals surface area contributed by atoms with Crippen LogP contribution in [-0.4, -0.2) is 42.3 Å². The van der Waals surface area contributed by atoms with E-state index in [0.717, 1.165) is 33.6 Å². The van der Waals surface area contributed by atoms with E-state index in [4.69, 9.17) is 4.74 Å². The molecule has 0 fully saturated rings. The highest BCUT2D eigenvalue weighted by Crippen LogP contribution is 2.30. The topological polar surface area (TPSA) is 93.9 Å². The highest BCUT2D eigenvalue weighted by molar-refractivity contribution is 5.80. The molecule has 8 heteroatoms. The van der Waals surface area contributed by atoms with E-state index >= 15 is 0 Å². The van der Waals surface area contributed by atoms with E-state index in [9.17, 15) is 0 Å². The fraction of sp³-hybridized carbons (Fsp3) is 0.0952. The fourth-order valence-electron chi connectivity index (χ4n) is 3.40. The first-order chi connectivity index (χ1) is 14.3. The second-order valence-corrected chi connectivity index (χ2v) is 6.55. The van der Waals surface area contributed by atoms with Gasteiger partial charge < -0.3 is 4.74 Å². The van der Waals surface area contributed by atoms with Gasteiger partial charge in [-0.15, -0.1) is 10.2 Å². The van der Waals surface area contributed by atoms with Crippen molar-refractivity contribution in [2.24, 2.45) is 0 Å². The number of nitrogens with one attached hydrogen (secondary N) is 1. The molecule has 5 rings (SSSR count). The standard InChI is InChI=1S/C21H17N7O/c1-29-20-13-16(28-19(23-20)10-11-22-28)12-14-6-8-15(9-7-14)17-4-2-3-5-18(17)21-24-26-27-25-21/h2-11,13H,12H2,1H3,(H,24,25,26,27). The Morgan fingerprint density at radius 3 is 2.59 bits per heavy atom. The molecule has 0 bridgehead atoms. The maximum Gasteiger partial charge on any atom is 0.216 e. The van der Waals surface area contributed by atoms with Gasteiger partial charge in [0.15, 0.2) is 5.65 Å². The third-order valence-electron chi connectivity index (χ3n) is 4.78. The highest BCUT2D eigenvalue weighted by Gasteiger charge is 2.11. The number of aromatic nitrogens is 7. The van der Waals surface area contributed by atoms with Gasteiger partial charge in [0.1, 0.15) is 0 Å². The van der Waals surface area contributed by atoms with Crippen molar-refractivity contribution in [1.29, 1.82) is 0 Å². The zero-order valence-corrected chi connectivity index (χ0v) is 15.6. The first-order valence-corrected chi connectivity index (χ1v) is 9.11. The van der Waals surface area contributed by atoms with Crippen LogP contribution in [0.3, 0.4) is 0 Å². The Bertz CT molecular complexity index is 1260. The third-order valence-corrected chi connectivity index (χ3v) is 4.78. The molecule has 0 aliphatic heterocycles. The number of benzene rings is 2. The largest absolute Gasteiger partial charge is 0.481 e. The second-order valence-electron chi connectivity index (χ2n) is 6.55. The summed E-state index contributed by atoms with van der Waals surface area (Å²) in [5.41, 5.74) is 6.02. The van der Waals surface area contributed by atoms with Crippen molar-refractivity contribution in [1.82, 2.24) is 35.2 Å². The van der Waals surface area contributed by atoms with Crippen LogP contribution in [0.1, 0.15) is 11.3 Å². The van der Waals surface area contributed by atoms with E-state index in [-0.39, 0.29) is 0 Å². The Morgan fingerprint density at radius 2 is 1.83 bits per heavy atom. The van der Waals surface area contributed by atoms with Crippen LogP contribution in [0.15, 0.2) is 66.9 Å². The van der Waals surface area contributed by atoms with Gasteiger partial charge in [-0.2, -0.15) is 15.3 Å². The predicted octanol–water partition coefficient (Wildman–Crippen LogP) is 3.18. The van der Waals surface area contributed by atoms with Gasteiger partial charge in [0.2, 0.25) is 11.7 Å². The van der Waals surface area contributed by atoms with Gasteiger partial charge in [-0.1, -0.05) is 48.5 Å². The molecular formula is C21H17N7O. The van der Waals surface area contributed by atoms with Crippen molar-refractivity contribution in [2.45, 2.75) is 6.42 Å². The molecule has 1 N–H and O–H groups in total. The average molecular weight is 383 g/mol. The van der Waals surface area contributed by atoms with Crippen LogP contribution in [0.2, 0.25) is 0 Å². The minimum absolute atomic E-state index is 0.578. The number of hydrogen-bond donors (Lipinski definition) is 1. The molecular weight excluding hydrogens is 366 g/mol. The number of methoxy groups -OCH3 is 1. The molecule has 5 aromatic rings. The number of nitrogens with zero attached hydrogens (tertiary/aromatic N) is 6. The number of tetrazole rings is 1. The van der Waals surface area contributed by atoms with Crippen LogP contribution < -0.4 is 4.74 Å². The molecule has 0 unspecified atom stereocenters. The third kappa shape index (κ3) is 3.20. The molecule has 0 radical (unpaired) electrons. The van der Waals surface area contributed by atoms with Gasteiger partial charge in [0.25, 0.3) is 0 Å². The van der Waals surface area contributed by atoms with E-state index in [0.29, 0.717) is 18.1 Å². The number of hydrogen-bond acceptors (Lipinski definition) is 6. The predicted molar refractivity (Wildman–Crippen MR) is 107 cm³/mol. The number of aromatic amines is 1. The molecule has 0 saturated heterocycles. The van der Waals surface area contributed by atoms with Gasteiger partial charge in [-0.3, -0.25) is 0 Å². The zero-order valence-electron chi connectivity index (χ0n) is 15.6. The molecule has 0 aliphatic rings. The van der Waals surface area contributed by atoms with Crippen LogP contribution >= 0.6 is 0 Å². The average Bonchev–Trinajstić information content (AvgIpc) is 3.46. The Hall–Kier alpha value is -4.07. The smallest absolute Gasteiger partial charge is 0.216 e. The Labute approximate surface area is 166 Å². The molecule has 0 saturated carbocycles. The van der Waals surface area contributed by atoms with Gasteiger partial charge in [0.05, 0.1) is 19.0 Å². The quantitative estimate of drug-likeness (QED) is 0.501. The van der Waals surface area contributed by atoms with Gasteiger partial charge in [-0.05, 0) is 21.9 Å². The number of fused-ring (bicyclic) bond motifs is 1. The summed E-state index contributed by atoms with van der Waals surface area (Å²) in [6.45, 7) is 0. The van der Waals surface area contributed by atoms with Gasteiger partial charge >= 0.3 is 0 Å². The lowest BCUT2D eigenvalue weighted by Crippen LogP contribution is -2.03. The van der Waals surface area contributed by atoms with E-state index in [1.807, 2.05) is 34.8 Å². The zero-order chi connectivity index (χ0) is 19.6. The summed E-state index contributed by atoms with van der Waals surface area (Å²) in [6.07, 6.45) is 2.45. The molecule has 8 nitrogen and oxygen atoms in total. The number of H-pyrrole nitrogens is 1. The lowest BCUT2D eigenvalue weighted by atomic mass is 9.97. The molecule has 29 heavy (non-hydrogen) atoms.